The second-order valence-corrected chi connectivity index (χ2v) is 6.29. The van der Waals surface area contributed by atoms with Gasteiger partial charge in [0.15, 0.2) is 5.17 Å². The van der Waals surface area contributed by atoms with E-state index in [9.17, 15) is 9.18 Å². The van der Waals surface area contributed by atoms with Crippen LogP contribution in [-0.2, 0) is 4.79 Å². The minimum absolute atomic E-state index is 0.179. The van der Waals surface area contributed by atoms with Crippen LogP contribution in [0.25, 0.3) is 6.08 Å². The molecule has 0 saturated carbocycles. The van der Waals surface area contributed by atoms with E-state index in [1.165, 1.54) is 23.9 Å². The van der Waals surface area contributed by atoms with E-state index in [-0.39, 0.29) is 11.7 Å². The summed E-state index contributed by atoms with van der Waals surface area (Å²) in [5.74, 6) is -0.494. The maximum atomic E-state index is 12.9. The van der Waals surface area contributed by atoms with Gasteiger partial charge in [-0.05, 0) is 60.2 Å². The number of amides is 1. The molecule has 1 heterocycles. The highest BCUT2D eigenvalue weighted by molar-refractivity contribution is 8.18. The Hall–Kier alpha value is -2.66. The fourth-order valence-electron chi connectivity index (χ4n) is 2.17. The molecule has 1 saturated heterocycles. The number of aliphatic imine (C=N–C) groups is 1. The van der Waals surface area contributed by atoms with Crippen molar-refractivity contribution in [3.63, 3.8) is 0 Å². The van der Waals surface area contributed by atoms with Crippen LogP contribution in [0.2, 0.25) is 0 Å². The smallest absolute Gasteiger partial charge is 0.264 e. The molecule has 0 aliphatic carbocycles. The summed E-state index contributed by atoms with van der Waals surface area (Å²) in [6.45, 7) is 1.95. The number of carbonyl (C=O) groups excluding carboxylic acids is 1. The molecular formula is C19H15FN2OS. The lowest BCUT2D eigenvalue weighted by Gasteiger charge is -1.96. The normalized spacial score (nSPS) is 18.2. The van der Waals surface area contributed by atoms with Gasteiger partial charge < -0.3 is 5.32 Å². The van der Waals surface area contributed by atoms with Crippen LogP contribution in [0.5, 0.6) is 0 Å². The topological polar surface area (TPSA) is 41.5 Å². The van der Waals surface area contributed by atoms with Gasteiger partial charge in [0.05, 0.1) is 10.6 Å². The van der Waals surface area contributed by atoms with Gasteiger partial charge in [0.2, 0.25) is 0 Å². The van der Waals surface area contributed by atoms with Crippen molar-refractivity contribution >= 4 is 34.6 Å². The summed E-state index contributed by atoms with van der Waals surface area (Å²) < 4.78 is 12.9. The van der Waals surface area contributed by atoms with Gasteiger partial charge in [-0.1, -0.05) is 36.4 Å². The van der Waals surface area contributed by atoms with Crippen LogP contribution in [0.1, 0.15) is 12.5 Å². The average Bonchev–Trinajstić information content (AvgIpc) is 2.90. The number of thioether (sulfide) groups is 1. The molecule has 0 spiro atoms. The summed E-state index contributed by atoms with van der Waals surface area (Å²) in [5.41, 5.74) is 2.65. The van der Waals surface area contributed by atoms with Crippen molar-refractivity contribution in [2.45, 2.75) is 6.92 Å². The van der Waals surface area contributed by atoms with Crippen LogP contribution >= 0.6 is 11.8 Å². The molecule has 3 nitrogen and oxygen atoms in total. The van der Waals surface area contributed by atoms with Gasteiger partial charge in [0.1, 0.15) is 5.82 Å². The molecule has 0 bridgehead atoms. The summed E-state index contributed by atoms with van der Waals surface area (Å²) in [4.78, 5) is 16.9. The minimum atomic E-state index is -0.315. The Labute approximate surface area is 144 Å². The molecule has 0 radical (unpaired) electrons. The second-order valence-electron chi connectivity index (χ2n) is 5.26. The Morgan fingerprint density at radius 1 is 1.12 bits per heavy atom. The number of carbonyl (C=O) groups is 1. The van der Waals surface area contributed by atoms with Crippen LogP contribution in [0.4, 0.5) is 10.1 Å². The van der Waals surface area contributed by atoms with E-state index in [0.29, 0.717) is 15.8 Å². The number of hydrogen-bond donors (Lipinski definition) is 1. The van der Waals surface area contributed by atoms with E-state index in [4.69, 9.17) is 0 Å². The molecule has 1 fully saturated rings. The molecular weight excluding hydrogens is 323 g/mol. The van der Waals surface area contributed by atoms with E-state index in [1.54, 1.807) is 12.1 Å². The maximum Gasteiger partial charge on any atom is 0.264 e. The molecule has 5 heteroatoms. The molecule has 0 aromatic heterocycles. The van der Waals surface area contributed by atoms with E-state index in [2.05, 4.69) is 10.3 Å². The highest BCUT2D eigenvalue weighted by Crippen LogP contribution is 2.27. The number of hydrogen-bond acceptors (Lipinski definition) is 3. The molecule has 3 rings (SSSR count). The Balaban J connectivity index is 1.77. The molecule has 2 aromatic rings. The third-order valence-corrected chi connectivity index (χ3v) is 4.17. The number of nitrogens with zero attached hydrogens (tertiary/aromatic N) is 1. The predicted octanol–water partition coefficient (Wildman–Crippen LogP) is 4.66. The summed E-state index contributed by atoms with van der Waals surface area (Å²) in [6.07, 6.45) is 3.84. The van der Waals surface area contributed by atoms with Crippen molar-refractivity contribution in [1.29, 1.82) is 0 Å². The lowest BCUT2D eigenvalue weighted by molar-refractivity contribution is -0.115. The zero-order valence-corrected chi connectivity index (χ0v) is 13.8. The molecule has 1 aliphatic rings. The van der Waals surface area contributed by atoms with Crippen molar-refractivity contribution in [2.75, 3.05) is 0 Å². The third kappa shape index (κ3) is 4.20. The average molecular weight is 338 g/mol. The lowest BCUT2D eigenvalue weighted by Crippen LogP contribution is -2.19. The van der Waals surface area contributed by atoms with Crippen molar-refractivity contribution in [2.24, 2.45) is 4.99 Å². The lowest BCUT2D eigenvalue weighted by atomic mass is 10.1. The summed E-state index contributed by atoms with van der Waals surface area (Å²) >= 11 is 1.27. The first-order chi connectivity index (χ1) is 11.6. The summed E-state index contributed by atoms with van der Waals surface area (Å²) in [6, 6.07) is 15.7. The molecule has 1 N–H and O–H groups in total. The van der Waals surface area contributed by atoms with Gasteiger partial charge in [-0.15, -0.1) is 0 Å². The Kier molecular flexibility index (Phi) is 4.91. The van der Waals surface area contributed by atoms with Crippen LogP contribution < -0.4 is 5.32 Å². The van der Waals surface area contributed by atoms with Crippen LogP contribution in [0, 0.1) is 5.82 Å². The first kappa shape index (κ1) is 16.2. The number of halogens is 1. The second kappa shape index (κ2) is 7.27. The van der Waals surface area contributed by atoms with E-state index < -0.39 is 0 Å². The molecule has 0 atom stereocenters. The van der Waals surface area contributed by atoms with Gasteiger partial charge in [-0.2, -0.15) is 0 Å². The number of rotatable bonds is 3. The molecule has 1 aliphatic heterocycles. The number of benzene rings is 2. The monoisotopic (exact) mass is 338 g/mol. The maximum absolute atomic E-state index is 12.9. The first-order valence-electron chi connectivity index (χ1n) is 7.39. The Morgan fingerprint density at radius 2 is 1.83 bits per heavy atom. The quantitative estimate of drug-likeness (QED) is 0.827. The van der Waals surface area contributed by atoms with E-state index in [1.807, 2.05) is 49.4 Å². The van der Waals surface area contributed by atoms with Gasteiger partial charge >= 0.3 is 0 Å². The molecule has 120 valence electrons. The van der Waals surface area contributed by atoms with Crippen molar-refractivity contribution in [1.82, 2.24) is 5.32 Å². The largest absolute Gasteiger partial charge is 0.300 e. The minimum Gasteiger partial charge on any atom is -0.300 e. The Morgan fingerprint density at radius 3 is 2.54 bits per heavy atom. The van der Waals surface area contributed by atoms with Crippen LogP contribution in [-0.4, -0.2) is 11.1 Å². The first-order valence-corrected chi connectivity index (χ1v) is 8.20. The number of allylic oxidation sites excluding steroid dienone is 2. The molecule has 24 heavy (non-hydrogen) atoms. The fourth-order valence-corrected chi connectivity index (χ4v) is 3.07. The zero-order valence-electron chi connectivity index (χ0n) is 13.0. The van der Waals surface area contributed by atoms with Gasteiger partial charge in [0.25, 0.3) is 5.91 Å². The number of nitrogens with one attached hydrogen (secondary N) is 1. The summed E-state index contributed by atoms with van der Waals surface area (Å²) in [7, 11) is 0. The highest BCUT2D eigenvalue weighted by Gasteiger charge is 2.23. The van der Waals surface area contributed by atoms with Crippen LogP contribution in [0.3, 0.4) is 0 Å². The van der Waals surface area contributed by atoms with Crippen molar-refractivity contribution < 1.29 is 9.18 Å². The fraction of sp³-hybridized carbons (Fsp3) is 0.0526. The molecule has 2 aromatic carbocycles. The van der Waals surface area contributed by atoms with Gasteiger partial charge in [0, 0.05) is 0 Å². The van der Waals surface area contributed by atoms with Gasteiger partial charge in [-0.25, -0.2) is 9.38 Å². The standard InChI is InChI=1S/C19H15FN2OS/c1-13(11-14-5-3-2-4-6-14)12-17-18(23)22-19(24-17)21-16-9-7-15(20)8-10-16/h2-12H,1H3,(H,21,22,23)/b13-11+,17-12+. The molecule has 1 amide bonds. The zero-order chi connectivity index (χ0) is 16.9. The van der Waals surface area contributed by atoms with E-state index in [0.717, 1.165) is 11.1 Å². The predicted molar refractivity (Wildman–Crippen MR) is 97.4 cm³/mol. The third-order valence-electron chi connectivity index (χ3n) is 3.26. The number of amidine groups is 1. The van der Waals surface area contributed by atoms with Crippen LogP contribution in [0.15, 0.2) is 76.1 Å². The van der Waals surface area contributed by atoms with Crippen molar-refractivity contribution in [3.8, 4) is 0 Å². The van der Waals surface area contributed by atoms with E-state index >= 15 is 0 Å². The Bertz CT molecular complexity index is 839. The SMILES string of the molecule is CC(=C\c1ccccc1)/C=C1/SC(=Nc2ccc(F)cc2)NC1=O. The van der Waals surface area contributed by atoms with Crippen molar-refractivity contribution in [3.05, 3.63) is 82.5 Å². The summed E-state index contributed by atoms with van der Waals surface area (Å²) in [5, 5.41) is 3.21. The molecule has 0 unspecified atom stereocenters. The highest BCUT2D eigenvalue weighted by atomic mass is 32.2. The van der Waals surface area contributed by atoms with Gasteiger partial charge in [-0.3, -0.25) is 4.79 Å².